The number of hydrogen-bond acceptors (Lipinski definition) is 3. The van der Waals surface area contributed by atoms with Crippen molar-refractivity contribution in [3.63, 3.8) is 0 Å². The molecule has 1 unspecified atom stereocenters. The zero-order valence-corrected chi connectivity index (χ0v) is 10.8. The average Bonchev–Trinajstić information content (AvgIpc) is 2.74. The maximum atomic E-state index is 5.64. The molecular formula is C13H27NO2. The van der Waals surface area contributed by atoms with E-state index in [-0.39, 0.29) is 0 Å². The zero-order valence-electron chi connectivity index (χ0n) is 10.8. The maximum absolute atomic E-state index is 5.64. The fourth-order valence-corrected chi connectivity index (χ4v) is 1.81. The molecule has 16 heavy (non-hydrogen) atoms. The van der Waals surface area contributed by atoms with Gasteiger partial charge in [0, 0.05) is 19.1 Å². The van der Waals surface area contributed by atoms with Crippen LogP contribution >= 0.6 is 0 Å². The summed E-state index contributed by atoms with van der Waals surface area (Å²) in [6.45, 7) is 10.3. The van der Waals surface area contributed by atoms with Crippen molar-refractivity contribution >= 4 is 0 Å². The molecule has 96 valence electrons. The molecule has 0 aromatic rings. The molecule has 1 aliphatic heterocycles. The van der Waals surface area contributed by atoms with Gasteiger partial charge in [-0.15, -0.1) is 0 Å². The van der Waals surface area contributed by atoms with Gasteiger partial charge in [-0.3, -0.25) is 0 Å². The molecule has 3 nitrogen and oxygen atoms in total. The third-order valence-electron chi connectivity index (χ3n) is 2.82. The van der Waals surface area contributed by atoms with Crippen LogP contribution in [0.4, 0.5) is 0 Å². The van der Waals surface area contributed by atoms with Crippen LogP contribution in [0, 0.1) is 11.8 Å². The Balaban J connectivity index is 1.74. The van der Waals surface area contributed by atoms with Gasteiger partial charge < -0.3 is 14.8 Å². The molecule has 1 atom stereocenters. The Morgan fingerprint density at radius 2 is 2.25 bits per heavy atom. The molecule has 0 aromatic heterocycles. The Bertz CT molecular complexity index is 156. The molecule has 1 saturated heterocycles. The van der Waals surface area contributed by atoms with Gasteiger partial charge in [0.1, 0.15) is 0 Å². The fourth-order valence-electron chi connectivity index (χ4n) is 1.81. The molecule has 1 fully saturated rings. The van der Waals surface area contributed by atoms with Gasteiger partial charge in [0.2, 0.25) is 0 Å². The molecule has 1 rings (SSSR count). The zero-order chi connectivity index (χ0) is 11.6. The van der Waals surface area contributed by atoms with E-state index >= 15 is 0 Å². The smallest absolute Gasteiger partial charge is 0.0517 e. The van der Waals surface area contributed by atoms with Gasteiger partial charge in [-0.1, -0.05) is 13.8 Å². The van der Waals surface area contributed by atoms with Gasteiger partial charge >= 0.3 is 0 Å². The first kappa shape index (κ1) is 13.9. The van der Waals surface area contributed by atoms with E-state index in [9.17, 15) is 0 Å². The van der Waals surface area contributed by atoms with Crippen molar-refractivity contribution in [2.45, 2.75) is 33.1 Å². The first-order valence-electron chi connectivity index (χ1n) is 6.65. The predicted molar refractivity (Wildman–Crippen MR) is 66.7 cm³/mol. The molecule has 0 saturated carbocycles. The molecule has 0 aromatic carbocycles. The Hall–Kier alpha value is -0.120. The Kier molecular flexibility index (Phi) is 7.81. The molecule has 1 aliphatic rings. The second-order valence-corrected chi connectivity index (χ2v) is 5.11. The van der Waals surface area contributed by atoms with Crippen molar-refractivity contribution in [3.8, 4) is 0 Å². The summed E-state index contributed by atoms with van der Waals surface area (Å²) in [6.07, 6.45) is 3.56. The minimum absolute atomic E-state index is 0.652. The Morgan fingerprint density at radius 3 is 2.94 bits per heavy atom. The molecule has 1 heterocycles. The van der Waals surface area contributed by atoms with Crippen LogP contribution in [-0.4, -0.2) is 39.5 Å². The summed E-state index contributed by atoms with van der Waals surface area (Å²) in [7, 11) is 0. The average molecular weight is 229 g/mol. The highest BCUT2D eigenvalue weighted by Gasteiger charge is 2.14. The van der Waals surface area contributed by atoms with Crippen LogP contribution in [0.3, 0.4) is 0 Å². The lowest BCUT2D eigenvalue weighted by Gasteiger charge is -2.09. The first-order valence-corrected chi connectivity index (χ1v) is 6.65. The van der Waals surface area contributed by atoms with Crippen LogP contribution in [0.25, 0.3) is 0 Å². The molecule has 0 amide bonds. The minimum Gasteiger partial charge on any atom is -0.381 e. The van der Waals surface area contributed by atoms with E-state index in [4.69, 9.17) is 9.47 Å². The molecule has 0 radical (unpaired) electrons. The van der Waals surface area contributed by atoms with Crippen molar-refractivity contribution in [3.05, 3.63) is 0 Å². The highest BCUT2D eigenvalue weighted by atomic mass is 16.5. The maximum Gasteiger partial charge on any atom is 0.0517 e. The summed E-state index contributed by atoms with van der Waals surface area (Å²) in [5.41, 5.74) is 0. The molecular weight excluding hydrogens is 202 g/mol. The minimum atomic E-state index is 0.652. The van der Waals surface area contributed by atoms with Gasteiger partial charge in [-0.2, -0.15) is 0 Å². The highest BCUT2D eigenvalue weighted by molar-refractivity contribution is 4.62. The van der Waals surface area contributed by atoms with E-state index in [1.165, 1.54) is 19.3 Å². The van der Waals surface area contributed by atoms with Crippen LogP contribution in [0.2, 0.25) is 0 Å². The lowest BCUT2D eigenvalue weighted by molar-refractivity contribution is 0.0874. The second-order valence-electron chi connectivity index (χ2n) is 5.11. The summed E-state index contributed by atoms with van der Waals surface area (Å²) < 4.78 is 10.9. The van der Waals surface area contributed by atoms with Gasteiger partial charge in [0.15, 0.2) is 0 Å². The van der Waals surface area contributed by atoms with Crippen LogP contribution < -0.4 is 5.32 Å². The van der Waals surface area contributed by atoms with Gasteiger partial charge in [0.25, 0.3) is 0 Å². The van der Waals surface area contributed by atoms with Gasteiger partial charge in [-0.25, -0.2) is 0 Å². The van der Waals surface area contributed by atoms with Crippen LogP contribution in [-0.2, 0) is 9.47 Å². The molecule has 0 spiro atoms. The number of nitrogens with one attached hydrogen (secondary N) is 1. The molecule has 0 bridgehead atoms. The molecule has 1 N–H and O–H groups in total. The quantitative estimate of drug-likeness (QED) is 0.614. The third-order valence-corrected chi connectivity index (χ3v) is 2.82. The Labute approximate surface area is 99.9 Å². The van der Waals surface area contributed by atoms with E-state index in [1.54, 1.807) is 0 Å². The number of rotatable bonds is 9. The van der Waals surface area contributed by atoms with Crippen molar-refractivity contribution in [2.24, 2.45) is 11.8 Å². The van der Waals surface area contributed by atoms with Crippen molar-refractivity contribution < 1.29 is 9.47 Å². The van der Waals surface area contributed by atoms with E-state index in [0.717, 1.165) is 45.4 Å². The largest absolute Gasteiger partial charge is 0.381 e. The molecule has 0 aliphatic carbocycles. The summed E-state index contributed by atoms with van der Waals surface area (Å²) in [6, 6.07) is 0. The third kappa shape index (κ3) is 7.20. The number of ether oxygens (including phenoxy) is 2. The standard InChI is InChI=1S/C13H27NO2/c1-12(2)9-14-6-3-4-7-15-10-13-5-8-16-11-13/h12-14H,3-11H2,1-2H3. The summed E-state index contributed by atoms with van der Waals surface area (Å²) in [5, 5.41) is 3.44. The van der Waals surface area contributed by atoms with Crippen molar-refractivity contribution in [1.82, 2.24) is 5.32 Å². The SMILES string of the molecule is CC(C)CNCCCCOCC1CCOC1. The Morgan fingerprint density at radius 1 is 1.38 bits per heavy atom. The molecule has 3 heteroatoms. The second kappa shape index (κ2) is 8.97. The summed E-state index contributed by atoms with van der Waals surface area (Å²) in [5.74, 6) is 1.40. The van der Waals surface area contributed by atoms with Crippen LogP contribution in [0.5, 0.6) is 0 Å². The normalized spacial score (nSPS) is 20.8. The first-order chi connectivity index (χ1) is 7.79. The fraction of sp³-hybridized carbons (Fsp3) is 1.00. The van der Waals surface area contributed by atoms with Gasteiger partial charge in [-0.05, 0) is 38.3 Å². The summed E-state index contributed by atoms with van der Waals surface area (Å²) >= 11 is 0. The predicted octanol–water partition coefficient (Wildman–Crippen LogP) is 2.07. The monoisotopic (exact) mass is 229 g/mol. The lowest BCUT2D eigenvalue weighted by Crippen LogP contribution is -2.21. The summed E-state index contributed by atoms with van der Waals surface area (Å²) in [4.78, 5) is 0. The van der Waals surface area contributed by atoms with E-state index < -0.39 is 0 Å². The lowest BCUT2D eigenvalue weighted by atomic mass is 10.1. The van der Waals surface area contributed by atoms with Crippen LogP contribution in [0.15, 0.2) is 0 Å². The van der Waals surface area contributed by atoms with Crippen LogP contribution in [0.1, 0.15) is 33.1 Å². The van der Waals surface area contributed by atoms with E-state index in [1.807, 2.05) is 0 Å². The number of hydrogen-bond donors (Lipinski definition) is 1. The highest BCUT2D eigenvalue weighted by Crippen LogP contribution is 2.12. The topological polar surface area (TPSA) is 30.5 Å². The van der Waals surface area contributed by atoms with E-state index in [2.05, 4.69) is 19.2 Å². The van der Waals surface area contributed by atoms with Crippen molar-refractivity contribution in [2.75, 3.05) is 39.5 Å². The van der Waals surface area contributed by atoms with E-state index in [0.29, 0.717) is 5.92 Å². The van der Waals surface area contributed by atoms with Gasteiger partial charge in [0.05, 0.1) is 13.2 Å². The van der Waals surface area contributed by atoms with Crippen molar-refractivity contribution in [1.29, 1.82) is 0 Å². The number of unbranched alkanes of at least 4 members (excludes halogenated alkanes) is 1.